The molecule has 0 saturated carbocycles. The number of sulfonamides is 1. The average Bonchev–Trinajstić information content (AvgIpc) is 2.95. The molecule has 2 aromatic heterocycles. The van der Waals surface area contributed by atoms with Crippen LogP contribution in [0, 0.1) is 19.8 Å². The normalized spacial score (nSPS) is 18.9. The van der Waals surface area contributed by atoms with Crippen molar-refractivity contribution in [3.63, 3.8) is 0 Å². The van der Waals surface area contributed by atoms with Gasteiger partial charge in [-0.2, -0.15) is 4.31 Å². The highest BCUT2D eigenvalue weighted by atomic mass is 32.2. The Morgan fingerprint density at radius 1 is 1.40 bits per heavy atom. The third kappa shape index (κ3) is 3.57. The summed E-state index contributed by atoms with van der Waals surface area (Å²) in [6.07, 6.45) is 4.43. The van der Waals surface area contributed by atoms with Gasteiger partial charge in [-0.3, -0.25) is 9.78 Å². The van der Waals surface area contributed by atoms with Crippen molar-refractivity contribution in [2.24, 2.45) is 5.92 Å². The number of carbonyl (C=O) groups excluding carboxylic acids is 1. The Kier molecular flexibility index (Phi) is 4.87. The van der Waals surface area contributed by atoms with E-state index in [4.69, 9.17) is 4.52 Å². The molecule has 0 radical (unpaired) electrons. The molecule has 134 valence electrons. The van der Waals surface area contributed by atoms with Crippen LogP contribution in [0.2, 0.25) is 0 Å². The predicted molar refractivity (Wildman–Crippen MR) is 90.3 cm³/mol. The molecule has 0 aromatic carbocycles. The third-order valence-electron chi connectivity index (χ3n) is 4.25. The van der Waals surface area contributed by atoms with E-state index in [1.807, 2.05) is 0 Å². The van der Waals surface area contributed by atoms with Gasteiger partial charge >= 0.3 is 0 Å². The number of rotatable bonds is 4. The van der Waals surface area contributed by atoms with Gasteiger partial charge in [0.25, 0.3) is 0 Å². The van der Waals surface area contributed by atoms with E-state index in [-0.39, 0.29) is 23.1 Å². The van der Waals surface area contributed by atoms with Crippen molar-refractivity contribution < 1.29 is 17.7 Å². The van der Waals surface area contributed by atoms with Crippen molar-refractivity contribution in [3.8, 4) is 0 Å². The van der Waals surface area contributed by atoms with Gasteiger partial charge in [0.2, 0.25) is 15.9 Å². The van der Waals surface area contributed by atoms with Crippen LogP contribution >= 0.6 is 0 Å². The fraction of sp³-hybridized carbons (Fsp3) is 0.438. The smallest absolute Gasteiger partial charge is 0.248 e. The molecule has 1 N–H and O–H groups in total. The molecule has 3 heterocycles. The minimum absolute atomic E-state index is 0.0980. The lowest BCUT2D eigenvalue weighted by molar-refractivity contribution is -0.120. The number of pyridine rings is 1. The van der Waals surface area contributed by atoms with Crippen molar-refractivity contribution in [2.75, 3.05) is 18.4 Å². The fourth-order valence-electron chi connectivity index (χ4n) is 3.03. The second-order valence-electron chi connectivity index (χ2n) is 6.09. The first-order chi connectivity index (χ1) is 11.9. The molecule has 2 aromatic rings. The molecule has 0 unspecified atom stereocenters. The van der Waals surface area contributed by atoms with Crippen LogP contribution < -0.4 is 5.32 Å². The molecular weight excluding hydrogens is 344 g/mol. The van der Waals surface area contributed by atoms with Crippen molar-refractivity contribution >= 4 is 21.6 Å². The lowest BCUT2D eigenvalue weighted by atomic mass is 9.99. The van der Waals surface area contributed by atoms with Gasteiger partial charge in [0.15, 0.2) is 5.76 Å². The first-order valence-electron chi connectivity index (χ1n) is 8.03. The van der Waals surface area contributed by atoms with Crippen LogP contribution in [0.15, 0.2) is 33.9 Å². The van der Waals surface area contributed by atoms with E-state index < -0.39 is 15.9 Å². The van der Waals surface area contributed by atoms with Crippen molar-refractivity contribution in [1.29, 1.82) is 0 Å². The van der Waals surface area contributed by atoms with Crippen LogP contribution in [0.1, 0.15) is 24.3 Å². The zero-order valence-electron chi connectivity index (χ0n) is 14.1. The van der Waals surface area contributed by atoms with E-state index in [0.717, 1.165) is 0 Å². The quantitative estimate of drug-likeness (QED) is 0.886. The second kappa shape index (κ2) is 6.93. The Bertz CT molecular complexity index is 844. The molecule has 1 amide bonds. The Labute approximate surface area is 146 Å². The van der Waals surface area contributed by atoms with Gasteiger partial charge in [-0.05, 0) is 38.8 Å². The number of carbonyl (C=O) groups is 1. The van der Waals surface area contributed by atoms with E-state index in [2.05, 4.69) is 15.5 Å². The van der Waals surface area contributed by atoms with E-state index in [1.54, 1.807) is 38.4 Å². The van der Waals surface area contributed by atoms with Crippen LogP contribution in [0.5, 0.6) is 0 Å². The number of hydrogen-bond acceptors (Lipinski definition) is 6. The number of hydrogen-bond donors (Lipinski definition) is 1. The van der Waals surface area contributed by atoms with Crippen molar-refractivity contribution in [2.45, 2.75) is 31.6 Å². The standard InChI is InChI=1S/C16H20N4O4S/c1-11-15(12(2)24-19-11)25(22,23)20-8-4-5-13(10-20)16(21)18-14-6-3-7-17-9-14/h3,6-7,9,13H,4-5,8,10H2,1-2H3,(H,18,21)/t13-/m0/s1. The summed E-state index contributed by atoms with van der Waals surface area (Å²) in [7, 11) is -3.73. The fourth-order valence-corrected chi connectivity index (χ4v) is 4.84. The molecule has 1 atom stereocenters. The zero-order valence-corrected chi connectivity index (χ0v) is 14.9. The predicted octanol–water partition coefficient (Wildman–Crippen LogP) is 1.73. The molecule has 1 fully saturated rings. The topological polar surface area (TPSA) is 105 Å². The summed E-state index contributed by atoms with van der Waals surface area (Å²) in [4.78, 5) is 16.5. The van der Waals surface area contributed by atoms with Gasteiger partial charge < -0.3 is 9.84 Å². The minimum Gasteiger partial charge on any atom is -0.360 e. The Hall–Kier alpha value is -2.26. The summed E-state index contributed by atoms with van der Waals surface area (Å²) in [6, 6.07) is 3.47. The average molecular weight is 364 g/mol. The van der Waals surface area contributed by atoms with Gasteiger partial charge in [0, 0.05) is 19.3 Å². The van der Waals surface area contributed by atoms with Crippen molar-refractivity contribution in [3.05, 3.63) is 36.0 Å². The van der Waals surface area contributed by atoms with Gasteiger partial charge in [-0.1, -0.05) is 5.16 Å². The number of aromatic nitrogens is 2. The summed E-state index contributed by atoms with van der Waals surface area (Å²) in [5, 5.41) is 6.51. The SMILES string of the molecule is Cc1noc(C)c1S(=O)(=O)N1CCC[C@H](C(=O)Nc2cccnc2)C1. The molecule has 1 aliphatic rings. The molecule has 1 aliphatic heterocycles. The zero-order chi connectivity index (χ0) is 18.0. The molecule has 1 saturated heterocycles. The summed E-state index contributed by atoms with van der Waals surface area (Å²) in [5.74, 6) is -0.352. The molecule has 0 bridgehead atoms. The maximum Gasteiger partial charge on any atom is 0.248 e. The highest BCUT2D eigenvalue weighted by molar-refractivity contribution is 7.89. The van der Waals surface area contributed by atoms with Crippen LogP contribution in [-0.2, 0) is 14.8 Å². The highest BCUT2D eigenvalue weighted by Crippen LogP contribution is 2.28. The maximum absolute atomic E-state index is 12.9. The summed E-state index contributed by atoms with van der Waals surface area (Å²) in [6.45, 7) is 3.69. The number of piperidine rings is 1. The van der Waals surface area contributed by atoms with Crippen LogP contribution in [-0.4, -0.2) is 41.9 Å². The largest absolute Gasteiger partial charge is 0.360 e. The van der Waals surface area contributed by atoms with E-state index in [1.165, 1.54) is 4.31 Å². The number of nitrogens with zero attached hydrogens (tertiary/aromatic N) is 3. The molecule has 8 nitrogen and oxygen atoms in total. The number of aryl methyl sites for hydroxylation is 2. The number of anilines is 1. The second-order valence-corrected chi connectivity index (χ2v) is 7.96. The van der Waals surface area contributed by atoms with Gasteiger partial charge in [-0.25, -0.2) is 8.42 Å². The lowest BCUT2D eigenvalue weighted by Crippen LogP contribution is -2.43. The van der Waals surface area contributed by atoms with Crippen LogP contribution in [0.4, 0.5) is 5.69 Å². The van der Waals surface area contributed by atoms with E-state index in [0.29, 0.717) is 30.8 Å². The van der Waals surface area contributed by atoms with E-state index in [9.17, 15) is 13.2 Å². The third-order valence-corrected chi connectivity index (χ3v) is 6.36. The maximum atomic E-state index is 12.9. The Morgan fingerprint density at radius 2 is 2.20 bits per heavy atom. The Morgan fingerprint density at radius 3 is 2.84 bits per heavy atom. The molecule has 0 aliphatic carbocycles. The first-order valence-corrected chi connectivity index (χ1v) is 9.47. The Balaban J connectivity index is 1.76. The summed E-state index contributed by atoms with van der Waals surface area (Å²) in [5.41, 5.74) is 0.928. The molecular formula is C16H20N4O4S. The van der Waals surface area contributed by atoms with Crippen molar-refractivity contribution in [1.82, 2.24) is 14.4 Å². The van der Waals surface area contributed by atoms with Gasteiger partial charge in [0.05, 0.1) is 17.8 Å². The van der Waals surface area contributed by atoms with Crippen LogP contribution in [0.3, 0.4) is 0 Å². The van der Waals surface area contributed by atoms with Crippen LogP contribution in [0.25, 0.3) is 0 Å². The van der Waals surface area contributed by atoms with Gasteiger partial charge in [0.1, 0.15) is 10.6 Å². The number of amides is 1. The monoisotopic (exact) mass is 364 g/mol. The molecule has 3 rings (SSSR count). The summed E-state index contributed by atoms with van der Waals surface area (Å²) >= 11 is 0. The summed E-state index contributed by atoms with van der Waals surface area (Å²) < 4.78 is 32.1. The number of nitrogens with one attached hydrogen (secondary N) is 1. The molecule has 0 spiro atoms. The lowest BCUT2D eigenvalue weighted by Gasteiger charge is -2.31. The van der Waals surface area contributed by atoms with Gasteiger partial charge in [-0.15, -0.1) is 0 Å². The minimum atomic E-state index is -3.73. The first kappa shape index (κ1) is 17.6. The van der Waals surface area contributed by atoms with E-state index >= 15 is 0 Å². The molecule has 25 heavy (non-hydrogen) atoms. The molecule has 9 heteroatoms. The highest BCUT2D eigenvalue weighted by Gasteiger charge is 2.36.